The van der Waals surface area contributed by atoms with Crippen LogP contribution in [0.4, 0.5) is 4.79 Å². The summed E-state index contributed by atoms with van der Waals surface area (Å²) in [6, 6.07) is 21.8. The highest BCUT2D eigenvalue weighted by molar-refractivity contribution is 7.99. The average Bonchev–Trinajstić information content (AvgIpc) is 3.17. The molecule has 0 saturated carbocycles. The number of fused-ring (bicyclic) bond motifs is 1. The minimum atomic E-state index is -0.390. The first-order valence-electron chi connectivity index (χ1n) is 7.98. The number of hydrogen-bond donors (Lipinski definition) is 0. The molecular weight excluding hydrogens is 318 g/mol. The first-order chi connectivity index (χ1) is 11.8. The lowest BCUT2D eigenvalue weighted by molar-refractivity contribution is 0.184. The SMILES string of the molecule is N#C[C@H]1[C@@H]2CSC(c3ccccc3)N2C(=O)N1Cc1ccccc1. The molecule has 0 spiro atoms. The summed E-state index contributed by atoms with van der Waals surface area (Å²) in [7, 11) is 0. The summed E-state index contributed by atoms with van der Waals surface area (Å²) in [5.41, 5.74) is 2.17. The van der Waals surface area contributed by atoms with Crippen molar-refractivity contribution < 1.29 is 4.79 Å². The van der Waals surface area contributed by atoms with Gasteiger partial charge in [-0.15, -0.1) is 11.8 Å². The lowest BCUT2D eigenvalue weighted by Crippen LogP contribution is -2.35. The topological polar surface area (TPSA) is 47.3 Å². The van der Waals surface area contributed by atoms with Gasteiger partial charge in [0.25, 0.3) is 0 Å². The van der Waals surface area contributed by atoms with E-state index in [1.165, 1.54) is 0 Å². The standard InChI is InChI=1S/C19H17N3OS/c20-11-16-17-13-24-18(15-9-5-2-6-10-15)22(17)19(23)21(16)12-14-7-3-1-4-8-14/h1-10,16-18H,12-13H2/t16-,17-,18?/m0/s1. The zero-order chi connectivity index (χ0) is 16.5. The van der Waals surface area contributed by atoms with Crippen molar-refractivity contribution >= 4 is 17.8 Å². The number of hydrogen-bond acceptors (Lipinski definition) is 3. The summed E-state index contributed by atoms with van der Waals surface area (Å²) in [6.07, 6.45) is 0. The molecule has 2 aliphatic heterocycles. The molecule has 0 aliphatic carbocycles. The van der Waals surface area contributed by atoms with E-state index >= 15 is 0 Å². The van der Waals surface area contributed by atoms with E-state index in [-0.39, 0.29) is 23.5 Å². The van der Waals surface area contributed by atoms with Gasteiger partial charge in [-0.3, -0.25) is 0 Å². The van der Waals surface area contributed by atoms with Crippen LogP contribution in [0.15, 0.2) is 60.7 Å². The van der Waals surface area contributed by atoms with E-state index in [1.807, 2.05) is 53.4 Å². The monoisotopic (exact) mass is 335 g/mol. The Morgan fingerprint density at radius 3 is 2.42 bits per heavy atom. The van der Waals surface area contributed by atoms with Gasteiger partial charge in [-0.2, -0.15) is 5.26 Å². The van der Waals surface area contributed by atoms with E-state index in [0.29, 0.717) is 6.54 Å². The Kier molecular flexibility index (Phi) is 3.91. The van der Waals surface area contributed by atoms with Crippen LogP contribution < -0.4 is 0 Å². The number of rotatable bonds is 3. The van der Waals surface area contributed by atoms with Gasteiger partial charge in [0.15, 0.2) is 0 Å². The molecule has 2 aromatic rings. The molecule has 0 N–H and O–H groups in total. The molecule has 120 valence electrons. The van der Waals surface area contributed by atoms with Gasteiger partial charge in [0, 0.05) is 12.3 Å². The fraction of sp³-hybridized carbons (Fsp3) is 0.263. The second-order valence-electron chi connectivity index (χ2n) is 6.04. The zero-order valence-corrected chi connectivity index (χ0v) is 13.9. The van der Waals surface area contributed by atoms with Crippen molar-refractivity contribution in [1.29, 1.82) is 5.26 Å². The van der Waals surface area contributed by atoms with Crippen LogP contribution >= 0.6 is 11.8 Å². The largest absolute Gasteiger partial charge is 0.323 e. The minimum absolute atomic E-state index is 0.000299. The third kappa shape index (κ3) is 2.44. The number of carbonyl (C=O) groups excluding carboxylic acids is 1. The number of thioether (sulfide) groups is 1. The van der Waals surface area contributed by atoms with E-state index in [4.69, 9.17) is 0 Å². The number of nitriles is 1. The summed E-state index contributed by atoms with van der Waals surface area (Å²) < 4.78 is 0. The van der Waals surface area contributed by atoms with Gasteiger partial charge < -0.3 is 9.80 Å². The van der Waals surface area contributed by atoms with Crippen LogP contribution in [-0.4, -0.2) is 33.7 Å². The maximum absolute atomic E-state index is 13.0. The number of urea groups is 1. The second-order valence-corrected chi connectivity index (χ2v) is 7.15. The molecule has 2 aromatic carbocycles. The van der Waals surface area contributed by atoms with E-state index < -0.39 is 0 Å². The summed E-state index contributed by atoms with van der Waals surface area (Å²) >= 11 is 1.75. The Balaban J connectivity index is 1.63. The molecule has 0 bridgehead atoms. The molecule has 0 aromatic heterocycles. The van der Waals surface area contributed by atoms with Gasteiger partial charge in [-0.05, 0) is 11.1 Å². The summed E-state index contributed by atoms with van der Waals surface area (Å²) in [5.74, 6) is 0.800. The molecular formula is C19H17N3OS. The Hall–Kier alpha value is -2.45. The third-order valence-electron chi connectivity index (χ3n) is 4.61. The summed E-state index contributed by atoms with van der Waals surface area (Å²) in [6.45, 7) is 0.483. The number of amides is 2. The lowest BCUT2D eigenvalue weighted by Gasteiger charge is -2.24. The van der Waals surface area contributed by atoms with E-state index in [1.54, 1.807) is 16.7 Å². The van der Waals surface area contributed by atoms with Crippen molar-refractivity contribution in [3.05, 3.63) is 71.8 Å². The Morgan fingerprint density at radius 2 is 1.75 bits per heavy atom. The molecule has 2 saturated heterocycles. The number of benzene rings is 2. The Labute approximate surface area is 145 Å². The molecule has 2 heterocycles. The van der Waals surface area contributed by atoms with E-state index in [9.17, 15) is 10.1 Å². The number of carbonyl (C=O) groups is 1. The Bertz CT molecular complexity index is 774. The van der Waals surface area contributed by atoms with Crippen molar-refractivity contribution in [3.63, 3.8) is 0 Å². The highest BCUT2D eigenvalue weighted by Gasteiger charge is 2.52. The van der Waals surface area contributed by atoms with Crippen molar-refractivity contribution in [1.82, 2.24) is 9.80 Å². The van der Waals surface area contributed by atoms with Crippen molar-refractivity contribution in [2.24, 2.45) is 0 Å². The molecule has 1 unspecified atom stereocenters. The fourth-order valence-electron chi connectivity index (χ4n) is 3.46. The molecule has 5 heteroatoms. The zero-order valence-electron chi connectivity index (χ0n) is 13.1. The predicted octanol–water partition coefficient (Wildman–Crippen LogP) is 3.63. The van der Waals surface area contributed by atoms with Gasteiger partial charge in [0.2, 0.25) is 0 Å². The quantitative estimate of drug-likeness (QED) is 0.860. The van der Waals surface area contributed by atoms with Crippen LogP contribution in [0.5, 0.6) is 0 Å². The van der Waals surface area contributed by atoms with Gasteiger partial charge in [0.05, 0.1) is 12.1 Å². The molecule has 0 radical (unpaired) electrons. The third-order valence-corrected chi connectivity index (χ3v) is 5.96. The summed E-state index contributed by atoms with van der Waals surface area (Å²) in [5, 5.41) is 9.66. The van der Waals surface area contributed by atoms with Gasteiger partial charge in [-0.25, -0.2) is 4.79 Å². The molecule has 3 atom stereocenters. The van der Waals surface area contributed by atoms with E-state index in [2.05, 4.69) is 18.2 Å². The first kappa shape index (κ1) is 15.1. The predicted molar refractivity (Wildman–Crippen MR) is 94.1 cm³/mol. The Morgan fingerprint density at radius 1 is 1.08 bits per heavy atom. The first-order valence-corrected chi connectivity index (χ1v) is 9.03. The maximum Gasteiger partial charge on any atom is 0.323 e. The lowest BCUT2D eigenvalue weighted by atomic mass is 10.1. The highest BCUT2D eigenvalue weighted by Crippen LogP contribution is 2.46. The van der Waals surface area contributed by atoms with Gasteiger partial charge >= 0.3 is 6.03 Å². The van der Waals surface area contributed by atoms with Crippen LogP contribution in [0.25, 0.3) is 0 Å². The van der Waals surface area contributed by atoms with Crippen LogP contribution in [0.2, 0.25) is 0 Å². The minimum Gasteiger partial charge on any atom is -0.302 e. The maximum atomic E-state index is 13.0. The fourth-order valence-corrected chi connectivity index (χ4v) is 4.94. The van der Waals surface area contributed by atoms with Gasteiger partial charge in [0.1, 0.15) is 11.4 Å². The van der Waals surface area contributed by atoms with Crippen molar-refractivity contribution in [2.45, 2.75) is 24.0 Å². The number of nitrogens with zero attached hydrogens (tertiary/aromatic N) is 3. The van der Waals surface area contributed by atoms with Crippen LogP contribution in [0.3, 0.4) is 0 Å². The summed E-state index contributed by atoms with van der Waals surface area (Å²) in [4.78, 5) is 16.6. The van der Waals surface area contributed by atoms with Crippen LogP contribution in [0.1, 0.15) is 16.5 Å². The molecule has 2 amide bonds. The van der Waals surface area contributed by atoms with Crippen LogP contribution in [-0.2, 0) is 6.54 Å². The average molecular weight is 335 g/mol. The molecule has 2 fully saturated rings. The molecule has 4 rings (SSSR count). The van der Waals surface area contributed by atoms with Crippen molar-refractivity contribution in [3.8, 4) is 6.07 Å². The van der Waals surface area contributed by atoms with Crippen LogP contribution in [0, 0.1) is 11.3 Å². The second kappa shape index (κ2) is 6.21. The normalized spacial score (nSPS) is 25.6. The smallest absolute Gasteiger partial charge is 0.302 e. The van der Waals surface area contributed by atoms with Gasteiger partial charge in [-0.1, -0.05) is 60.7 Å². The molecule has 24 heavy (non-hydrogen) atoms. The van der Waals surface area contributed by atoms with E-state index in [0.717, 1.165) is 16.9 Å². The van der Waals surface area contributed by atoms with Crippen molar-refractivity contribution in [2.75, 3.05) is 5.75 Å². The highest BCUT2D eigenvalue weighted by atomic mass is 32.2. The molecule has 4 nitrogen and oxygen atoms in total. The molecule has 2 aliphatic rings.